The fourth-order valence-electron chi connectivity index (χ4n) is 3.72. The van der Waals surface area contributed by atoms with Crippen LogP contribution in [0, 0.1) is 0 Å². The first-order chi connectivity index (χ1) is 11.7. The van der Waals surface area contributed by atoms with Crippen molar-refractivity contribution in [1.29, 1.82) is 0 Å². The van der Waals surface area contributed by atoms with E-state index in [1.165, 1.54) is 25.5 Å². The van der Waals surface area contributed by atoms with Crippen molar-refractivity contribution in [3.05, 3.63) is 24.2 Å². The number of piperazine rings is 1. The SMILES string of the molecule is CCC1CCCCN1CC(=O)N1CCN(C(=O)c2ccco2)CC1. The lowest BCUT2D eigenvalue weighted by atomic mass is 10.00. The number of amides is 2. The summed E-state index contributed by atoms with van der Waals surface area (Å²) < 4.78 is 5.17. The Balaban J connectivity index is 1.49. The van der Waals surface area contributed by atoms with Crippen LogP contribution in [0.15, 0.2) is 22.8 Å². The number of furan rings is 1. The number of hydrogen-bond donors (Lipinski definition) is 0. The van der Waals surface area contributed by atoms with Gasteiger partial charge in [0.15, 0.2) is 5.76 Å². The fraction of sp³-hybridized carbons (Fsp3) is 0.667. The third kappa shape index (κ3) is 3.80. The molecule has 0 N–H and O–H groups in total. The Bertz CT molecular complexity index is 550. The van der Waals surface area contributed by atoms with Crippen molar-refractivity contribution in [2.45, 2.75) is 38.6 Å². The zero-order valence-electron chi connectivity index (χ0n) is 14.4. The largest absolute Gasteiger partial charge is 0.459 e. The van der Waals surface area contributed by atoms with Gasteiger partial charge in [-0.2, -0.15) is 0 Å². The molecule has 3 heterocycles. The van der Waals surface area contributed by atoms with E-state index in [-0.39, 0.29) is 11.8 Å². The number of hydrogen-bond acceptors (Lipinski definition) is 4. The molecule has 0 saturated carbocycles. The summed E-state index contributed by atoms with van der Waals surface area (Å²) in [6, 6.07) is 3.95. The van der Waals surface area contributed by atoms with E-state index < -0.39 is 0 Å². The highest BCUT2D eigenvalue weighted by atomic mass is 16.3. The van der Waals surface area contributed by atoms with Gasteiger partial charge in [-0.1, -0.05) is 13.3 Å². The Morgan fingerprint density at radius 3 is 2.54 bits per heavy atom. The van der Waals surface area contributed by atoms with Gasteiger partial charge in [-0.05, 0) is 37.9 Å². The average molecular weight is 333 g/mol. The van der Waals surface area contributed by atoms with Gasteiger partial charge in [0.2, 0.25) is 5.91 Å². The van der Waals surface area contributed by atoms with E-state index in [1.807, 2.05) is 4.90 Å². The number of nitrogens with zero attached hydrogens (tertiary/aromatic N) is 3. The highest BCUT2D eigenvalue weighted by molar-refractivity contribution is 5.91. The van der Waals surface area contributed by atoms with Gasteiger partial charge in [0, 0.05) is 32.2 Å². The monoisotopic (exact) mass is 333 g/mol. The van der Waals surface area contributed by atoms with Crippen LogP contribution >= 0.6 is 0 Å². The van der Waals surface area contributed by atoms with Crippen molar-refractivity contribution < 1.29 is 14.0 Å². The minimum absolute atomic E-state index is 0.0887. The van der Waals surface area contributed by atoms with Gasteiger partial charge < -0.3 is 14.2 Å². The second-order valence-electron chi connectivity index (χ2n) is 6.68. The predicted molar refractivity (Wildman–Crippen MR) is 90.7 cm³/mol. The molecule has 24 heavy (non-hydrogen) atoms. The van der Waals surface area contributed by atoms with Crippen LogP contribution in [-0.2, 0) is 4.79 Å². The topological polar surface area (TPSA) is 57.0 Å². The second-order valence-corrected chi connectivity index (χ2v) is 6.68. The molecule has 2 saturated heterocycles. The second kappa shape index (κ2) is 7.83. The maximum atomic E-state index is 12.6. The summed E-state index contributed by atoms with van der Waals surface area (Å²) in [4.78, 5) is 30.8. The molecule has 1 unspecified atom stereocenters. The summed E-state index contributed by atoms with van der Waals surface area (Å²) in [6.07, 6.45) is 6.29. The molecule has 6 heteroatoms. The molecule has 2 aliphatic heterocycles. The number of likely N-dealkylation sites (tertiary alicyclic amines) is 1. The molecule has 0 spiro atoms. The van der Waals surface area contributed by atoms with E-state index in [9.17, 15) is 9.59 Å². The van der Waals surface area contributed by atoms with E-state index in [1.54, 1.807) is 17.0 Å². The Morgan fingerprint density at radius 1 is 1.12 bits per heavy atom. The summed E-state index contributed by atoms with van der Waals surface area (Å²) >= 11 is 0. The van der Waals surface area contributed by atoms with E-state index in [0.717, 1.165) is 13.0 Å². The van der Waals surface area contributed by atoms with Crippen molar-refractivity contribution >= 4 is 11.8 Å². The molecule has 0 aromatic carbocycles. The molecule has 0 radical (unpaired) electrons. The predicted octanol–water partition coefficient (Wildman–Crippen LogP) is 1.83. The van der Waals surface area contributed by atoms with Crippen LogP contribution in [0.3, 0.4) is 0 Å². The van der Waals surface area contributed by atoms with Gasteiger partial charge in [0.1, 0.15) is 0 Å². The number of carbonyl (C=O) groups is 2. The van der Waals surface area contributed by atoms with E-state index >= 15 is 0 Å². The van der Waals surface area contributed by atoms with E-state index in [4.69, 9.17) is 4.42 Å². The van der Waals surface area contributed by atoms with Crippen molar-refractivity contribution in [2.24, 2.45) is 0 Å². The minimum Gasteiger partial charge on any atom is -0.459 e. The molecular weight excluding hydrogens is 306 g/mol. The van der Waals surface area contributed by atoms with Gasteiger partial charge in [0.05, 0.1) is 12.8 Å². The maximum absolute atomic E-state index is 12.6. The zero-order valence-corrected chi connectivity index (χ0v) is 14.4. The minimum atomic E-state index is -0.0887. The average Bonchev–Trinajstić information content (AvgIpc) is 3.16. The van der Waals surface area contributed by atoms with Gasteiger partial charge in [-0.15, -0.1) is 0 Å². The van der Waals surface area contributed by atoms with Crippen molar-refractivity contribution in [3.63, 3.8) is 0 Å². The van der Waals surface area contributed by atoms with Crippen LogP contribution in [-0.4, -0.2) is 71.8 Å². The van der Waals surface area contributed by atoms with Gasteiger partial charge in [-0.25, -0.2) is 0 Å². The van der Waals surface area contributed by atoms with Crippen LogP contribution in [0.2, 0.25) is 0 Å². The molecule has 2 fully saturated rings. The lowest BCUT2D eigenvalue weighted by Crippen LogP contribution is -2.53. The molecule has 0 aliphatic carbocycles. The normalized spacial score (nSPS) is 22.6. The van der Waals surface area contributed by atoms with Crippen LogP contribution in [0.5, 0.6) is 0 Å². The van der Waals surface area contributed by atoms with Crippen LogP contribution < -0.4 is 0 Å². The van der Waals surface area contributed by atoms with Crippen molar-refractivity contribution in [3.8, 4) is 0 Å². The molecule has 1 aromatic heterocycles. The first kappa shape index (κ1) is 17.0. The highest BCUT2D eigenvalue weighted by Gasteiger charge is 2.29. The van der Waals surface area contributed by atoms with E-state index in [2.05, 4.69) is 11.8 Å². The lowest BCUT2D eigenvalue weighted by molar-refractivity contribution is -0.134. The zero-order chi connectivity index (χ0) is 16.9. The summed E-state index contributed by atoms with van der Waals surface area (Å²) in [5, 5.41) is 0. The Labute approximate surface area is 143 Å². The quantitative estimate of drug-likeness (QED) is 0.843. The maximum Gasteiger partial charge on any atom is 0.289 e. The molecule has 2 aliphatic rings. The number of carbonyl (C=O) groups excluding carboxylic acids is 2. The van der Waals surface area contributed by atoms with Gasteiger partial charge in [0.25, 0.3) is 5.91 Å². The standard InChI is InChI=1S/C18H27N3O3/c1-2-15-6-3-4-8-21(15)14-17(22)19-9-11-20(12-10-19)18(23)16-7-5-13-24-16/h5,7,13,15H,2-4,6,8-12,14H2,1H3. The number of piperidine rings is 1. The molecule has 2 amide bonds. The molecule has 1 atom stereocenters. The van der Waals surface area contributed by atoms with Crippen LogP contribution in [0.4, 0.5) is 0 Å². The lowest BCUT2D eigenvalue weighted by Gasteiger charge is -2.38. The van der Waals surface area contributed by atoms with Crippen molar-refractivity contribution in [1.82, 2.24) is 14.7 Å². The molecule has 1 aromatic rings. The van der Waals surface area contributed by atoms with Crippen molar-refractivity contribution in [2.75, 3.05) is 39.3 Å². The highest BCUT2D eigenvalue weighted by Crippen LogP contribution is 2.19. The van der Waals surface area contributed by atoms with E-state index in [0.29, 0.717) is 44.5 Å². The summed E-state index contributed by atoms with van der Waals surface area (Å²) in [5.74, 6) is 0.475. The molecular formula is C18H27N3O3. The fourth-order valence-corrected chi connectivity index (χ4v) is 3.72. The number of rotatable bonds is 4. The molecule has 3 rings (SSSR count). The summed E-state index contributed by atoms with van der Waals surface area (Å²) in [5.41, 5.74) is 0. The molecule has 0 bridgehead atoms. The first-order valence-electron chi connectivity index (χ1n) is 9.03. The third-order valence-electron chi connectivity index (χ3n) is 5.21. The smallest absolute Gasteiger partial charge is 0.289 e. The van der Waals surface area contributed by atoms with Crippen LogP contribution in [0.25, 0.3) is 0 Å². The van der Waals surface area contributed by atoms with Gasteiger partial charge >= 0.3 is 0 Å². The van der Waals surface area contributed by atoms with Gasteiger partial charge in [-0.3, -0.25) is 14.5 Å². The third-order valence-corrected chi connectivity index (χ3v) is 5.21. The Morgan fingerprint density at radius 2 is 1.88 bits per heavy atom. The van der Waals surface area contributed by atoms with Crippen LogP contribution in [0.1, 0.15) is 43.2 Å². The first-order valence-corrected chi connectivity index (χ1v) is 9.03. The Hall–Kier alpha value is -1.82. The molecule has 132 valence electrons. The summed E-state index contributed by atoms with van der Waals surface area (Å²) in [6.45, 7) is 6.11. The summed E-state index contributed by atoms with van der Waals surface area (Å²) in [7, 11) is 0. The molecule has 6 nitrogen and oxygen atoms in total. The Kier molecular flexibility index (Phi) is 5.56.